The lowest BCUT2D eigenvalue weighted by Gasteiger charge is -2.23. The van der Waals surface area contributed by atoms with Gasteiger partial charge in [0.15, 0.2) is 0 Å². The lowest BCUT2D eigenvalue weighted by molar-refractivity contribution is 0.302. The molecule has 2 heterocycles. The van der Waals surface area contributed by atoms with E-state index >= 15 is 0 Å². The molecule has 1 atom stereocenters. The van der Waals surface area contributed by atoms with Gasteiger partial charge in [-0.05, 0) is 54.1 Å². The zero-order valence-electron chi connectivity index (χ0n) is 11.8. The van der Waals surface area contributed by atoms with Crippen LogP contribution in [0.4, 0.5) is 0 Å². The molecule has 2 aromatic carbocycles. The van der Waals surface area contributed by atoms with Crippen LogP contribution in [0.1, 0.15) is 29.0 Å². The van der Waals surface area contributed by atoms with E-state index in [-0.39, 0.29) is 0 Å². The molecule has 0 spiro atoms. The standard InChI is InChI=1S/C18H19NO/c1-12-2-5-16-17-9-13(14-6-7-19-10-14)3-4-15(17)11-20-18(16)8-12/h2-5,8-9,14,19H,6-7,10-11H2,1H3. The Kier molecular flexibility index (Phi) is 2.78. The maximum Gasteiger partial charge on any atom is 0.127 e. The van der Waals surface area contributed by atoms with Crippen molar-refractivity contribution in [2.24, 2.45) is 0 Å². The molecule has 2 aromatic rings. The molecule has 2 aliphatic heterocycles. The predicted octanol–water partition coefficient (Wildman–Crippen LogP) is 3.63. The molecule has 0 saturated carbocycles. The monoisotopic (exact) mass is 265 g/mol. The molecule has 2 nitrogen and oxygen atoms in total. The molecular formula is C18H19NO. The van der Waals surface area contributed by atoms with Crippen molar-refractivity contribution in [2.45, 2.75) is 25.9 Å². The Hall–Kier alpha value is -1.80. The average molecular weight is 265 g/mol. The van der Waals surface area contributed by atoms with Gasteiger partial charge in [0.25, 0.3) is 0 Å². The summed E-state index contributed by atoms with van der Waals surface area (Å²) >= 11 is 0. The molecule has 0 aliphatic carbocycles. The Labute approximate surface area is 119 Å². The maximum atomic E-state index is 5.88. The molecule has 2 heteroatoms. The van der Waals surface area contributed by atoms with E-state index in [1.165, 1.54) is 34.2 Å². The molecule has 1 unspecified atom stereocenters. The third-order valence-electron chi connectivity index (χ3n) is 4.48. The van der Waals surface area contributed by atoms with Crippen LogP contribution < -0.4 is 10.1 Å². The summed E-state index contributed by atoms with van der Waals surface area (Å²) in [4.78, 5) is 0. The highest BCUT2D eigenvalue weighted by Gasteiger charge is 2.21. The van der Waals surface area contributed by atoms with Crippen molar-refractivity contribution < 1.29 is 4.74 Å². The van der Waals surface area contributed by atoms with E-state index in [4.69, 9.17) is 4.74 Å². The molecule has 4 rings (SSSR count). The van der Waals surface area contributed by atoms with Crippen molar-refractivity contribution >= 4 is 0 Å². The van der Waals surface area contributed by atoms with Crippen molar-refractivity contribution in [3.05, 3.63) is 53.1 Å². The van der Waals surface area contributed by atoms with E-state index in [1.807, 2.05) is 0 Å². The molecule has 1 fully saturated rings. The number of hydrogen-bond acceptors (Lipinski definition) is 2. The Bertz CT molecular complexity index is 656. The lowest BCUT2D eigenvalue weighted by Crippen LogP contribution is -2.09. The molecule has 1 saturated heterocycles. The van der Waals surface area contributed by atoms with E-state index in [0.717, 1.165) is 18.8 Å². The van der Waals surface area contributed by atoms with Crippen LogP contribution in [0.2, 0.25) is 0 Å². The number of ether oxygens (including phenoxy) is 1. The summed E-state index contributed by atoms with van der Waals surface area (Å²) in [7, 11) is 0. The summed E-state index contributed by atoms with van der Waals surface area (Å²) in [6, 6.07) is 13.4. The minimum atomic E-state index is 0.664. The minimum absolute atomic E-state index is 0.664. The van der Waals surface area contributed by atoms with Gasteiger partial charge in [-0.2, -0.15) is 0 Å². The molecule has 0 aromatic heterocycles. The van der Waals surface area contributed by atoms with Gasteiger partial charge in [0.05, 0.1) is 0 Å². The van der Waals surface area contributed by atoms with Gasteiger partial charge >= 0.3 is 0 Å². The third kappa shape index (κ3) is 1.92. The van der Waals surface area contributed by atoms with Crippen molar-refractivity contribution in [1.82, 2.24) is 5.32 Å². The van der Waals surface area contributed by atoms with Gasteiger partial charge in [-0.15, -0.1) is 0 Å². The van der Waals surface area contributed by atoms with Crippen LogP contribution in [0.3, 0.4) is 0 Å². The van der Waals surface area contributed by atoms with E-state index < -0.39 is 0 Å². The SMILES string of the molecule is Cc1ccc2c(c1)OCc1ccc(C3CCNC3)cc1-2. The van der Waals surface area contributed by atoms with Gasteiger partial charge in [0.1, 0.15) is 12.4 Å². The maximum absolute atomic E-state index is 5.88. The van der Waals surface area contributed by atoms with Crippen molar-refractivity contribution in [3.63, 3.8) is 0 Å². The Balaban J connectivity index is 1.81. The highest BCUT2D eigenvalue weighted by atomic mass is 16.5. The first kappa shape index (κ1) is 12.0. The second kappa shape index (κ2) is 4.64. The number of fused-ring (bicyclic) bond motifs is 3. The minimum Gasteiger partial charge on any atom is -0.488 e. The second-order valence-corrected chi connectivity index (χ2v) is 5.89. The Morgan fingerprint density at radius 2 is 2.05 bits per heavy atom. The third-order valence-corrected chi connectivity index (χ3v) is 4.48. The highest BCUT2D eigenvalue weighted by Crippen LogP contribution is 2.39. The van der Waals surface area contributed by atoms with Crippen molar-refractivity contribution in [1.29, 1.82) is 0 Å². The topological polar surface area (TPSA) is 21.3 Å². The normalized spacial score (nSPS) is 20.1. The summed E-state index contributed by atoms with van der Waals surface area (Å²) in [6.07, 6.45) is 1.25. The summed E-state index contributed by atoms with van der Waals surface area (Å²) in [5.41, 5.74) is 6.61. The van der Waals surface area contributed by atoms with Gasteiger partial charge in [-0.25, -0.2) is 0 Å². The second-order valence-electron chi connectivity index (χ2n) is 5.89. The van der Waals surface area contributed by atoms with Crippen LogP contribution in [-0.4, -0.2) is 13.1 Å². The van der Waals surface area contributed by atoms with Crippen molar-refractivity contribution in [3.8, 4) is 16.9 Å². The smallest absolute Gasteiger partial charge is 0.127 e. The first-order valence-electron chi connectivity index (χ1n) is 7.38. The number of aryl methyl sites for hydroxylation is 1. The zero-order chi connectivity index (χ0) is 13.5. The van der Waals surface area contributed by atoms with Gasteiger partial charge in [0, 0.05) is 12.1 Å². The fraction of sp³-hybridized carbons (Fsp3) is 0.333. The van der Waals surface area contributed by atoms with Crippen LogP contribution in [-0.2, 0) is 6.61 Å². The quantitative estimate of drug-likeness (QED) is 0.850. The largest absolute Gasteiger partial charge is 0.488 e. The van der Waals surface area contributed by atoms with Crippen LogP contribution in [0, 0.1) is 6.92 Å². The summed E-state index contributed by atoms with van der Waals surface area (Å²) < 4.78 is 5.88. The summed E-state index contributed by atoms with van der Waals surface area (Å²) in [5, 5.41) is 3.45. The number of benzene rings is 2. The number of nitrogens with one attached hydrogen (secondary N) is 1. The molecule has 102 valence electrons. The average Bonchev–Trinajstić information content (AvgIpc) is 3.00. The zero-order valence-corrected chi connectivity index (χ0v) is 11.8. The number of hydrogen-bond donors (Lipinski definition) is 1. The fourth-order valence-electron chi connectivity index (χ4n) is 3.29. The Morgan fingerprint density at radius 3 is 2.90 bits per heavy atom. The summed E-state index contributed by atoms with van der Waals surface area (Å²) in [5.74, 6) is 1.69. The highest BCUT2D eigenvalue weighted by molar-refractivity contribution is 5.76. The van der Waals surface area contributed by atoms with Gasteiger partial charge in [-0.1, -0.05) is 30.3 Å². The van der Waals surface area contributed by atoms with E-state index in [0.29, 0.717) is 12.5 Å². The molecule has 0 amide bonds. The molecular weight excluding hydrogens is 246 g/mol. The Morgan fingerprint density at radius 1 is 1.10 bits per heavy atom. The first-order chi connectivity index (χ1) is 9.81. The number of rotatable bonds is 1. The molecule has 0 radical (unpaired) electrons. The van der Waals surface area contributed by atoms with Crippen LogP contribution in [0.5, 0.6) is 5.75 Å². The van der Waals surface area contributed by atoms with E-state index in [2.05, 4.69) is 48.6 Å². The molecule has 1 N–H and O–H groups in total. The van der Waals surface area contributed by atoms with Crippen molar-refractivity contribution in [2.75, 3.05) is 13.1 Å². The van der Waals surface area contributed by atoms with Gasteiger partial charge in [0.2, 0.25) is 0 Å². The van der Waals surface area contributed by atoms with E-state index in [9.17, 15) is 0 Å². The van der Waals surface area contributed by atoms with Crippen LogP contribution >= 0.6 is 0 Å². The van der Waals surface area contributed by atoms with Gasteiger partial charge in [-0.3, -0.25) is 0 Å². The van der Waals surface area contributed by atoms with Crippen LogP contribution in [0.25, 0.3) is 11.1 Å². The van der Waals surface area contributed by atoms with E-state index in [1.54, 1.807) is 0 Å². The molecule has 2 aliphatic rings. The lowest BCUT2D eigenvalue weighted by atomic mass is 9.90. The van der Waals surface area contributed by atoms with Gasteiger partial charge < -0.3 is 10.1 Å². The molecule has 20 heavy (non-hydrogen) atoms. The molecule has 0 bridgehead atoms. The predicted molar refractivity (Wildman–Crippen MR) is 81.2 cm³/mol. The fourth-order valence-corrected chi connectivity index (χ4v) is 3.29. The summed E-state index contributed by atoms with van der Waals surface area (Å²) in [6.45, 7) is 5.05. The first-order valence-corrected chi connectivity index (χ1v) is 7.38. The van der Waals surface area contributed by atoms with Crippen LogP contribution in [0.15, 0.2) is 36.4 Å².